The molecule has 0 atom stereocenters. The van der Waals surface area contributed by atoms with Crippen LogP contribution in [0.3, 0.4) is 0 Å². The van der Waals surface area contributed by atoms with Crippen molar-refractivity contribution in [3.8, 4) is 11.5 Å². The molecular formula is C21H18FNO5S. The van der Waals surface area contributed by atoms with Crippen molar-refractivity contribution in [1.29, 1.82) is 0 Å². The number of carbonyl (C=O) groups is 2. The van der Waals surface area contributed by atoms with Crippen LogP contribution in [-0.4, -0.2) is 30.5 Å². The molecule has 8 heteroatoms. The minimum Gasteiger partial charge on any atom is -0.494 e. The maximum absolute atomic E-state index is 13.7. The fraction of sp³-hybridized carbons (Fsp3) is 0.190. The smallest absolute Gasteiger partial charge is 0.338 e. The molecule has 6 nitrogen and oxygen atoms in total. The number of carbonyl (C=O) groups excluding carboxylic acids is 2. The number of aromatic nitrogens is 1. The van der Waals surface area contributed by atoms with Gasteiger partial charge < -0.3 is 14.2 Å². The third-order valence-electron chi connectivity index (χ3n) is 3.93. The van der Waals surface area contributed by atoms with Crippen LogP contribution in [0.4, 0.5) is 4.39 Å². The predicted molar refractivity (Wildman–Crippen MR) is 105 cm³/mol. The predicted octanol–water partition coefficient (Wildman–Crippen LogP) is 4.22. The Kier molecular flexibility index (Phi) is 6.56. The van der Waals surface area contributed by atoms with Gasteiger partial charge in [-0.3, -0.25) is 4.79 Å². The Balaban J connectivity index is 1.57. The minimum absolute atomic E-state index is 0.0307. The lowest BCUT2D eigenvalue weighted by atomic mass is 10.1. The summed E-state index contributed by atoms with van der Waals surface area (Å²) in [7, 11) is 1.33. The number of nitrogens with zero attached hydrogens (tertiary/aromatic N) is 1. The number of ketones is 1. The quantitative estimate of drug-likeness (QED) is 0.405. The highest BCUT2D eigenvalue weighted by molar-refractivity contribution is 7.09. The number of hydrogen-bond donors (Lipinski definition) is 0. The summed E-state index contributed by atoms with van der Waals surface area (Å²) >= 11 is 1.53. The van der Waals surface area contributed by atoms with Crippen LogP contribution in [0.1, 0.15) is 31.4 Å². The lowest BCUT2D eigenvalue weighted by Crippen LogP contribution is -2.14. The Morgan fingerprint density at radius 3 is 2.66 bits per heavy atom. The second kappa shape index (κ2) is 9.29. The molecule has 0 N–H and O–H groups in total. The van der Waals surface area contributed by atoms with Gasteiger partial charge >= 0.3 is 5.97 Å². The highest BCUT2D eigenvalue weighted by Gasteiger charge is 2.14. The molecule has 1 heterocycles. The zero-order valence-electron chi connectivity index (χ0n) is 15.8. The zero-order chi connectivity index (χ0) is 20.8. The van der Waals surface area contributed by atoms with Gasteiger partial charge in [-0.1, -0.05) is 6.07 Å². The standard InChI is InChI=1S/C21H18FNO5S/c1-13-23-16(12-29-13)10-27-17-5-3-4-15(8-17)21(25)28-11-19(24)14-6-7-20(26-2)18(22)9-14/h3-9,12H,10-11H2,1-2H3. The minimum atomic E-state index is -0.678. The number of aryl methyl sites for hydroxylation is 1. The van der Waals surface area contributed by atoms with Crippen LogP contribution in [0.25, 0.3) is 0 Å². The van der Waals surface area contributed by atoms with Crippen molar-refractivity contribution in [3.05, 3.63) is 75.5 Å². The van der Waals surface area contributed by atoms with E-state index in [1.807, 2.05) is 12.3 Å². The molecule has 0 saturated carbocycles. The first-order valence-corrected chi connectivity index (χ1v) is 9.52. The molecule has 0 aliphatic heterocycles. The van der Waals surface area contributed by atoms with Crippen LogP contribution in [0, 0.1) is 12.7 Å². The number of thiazole rings is 1. The number of methoxy groups -OCH3 is 1. The van der Waals surface area contributed by atoms with Crippen molar-refractivity contribution < 1.29 is 28.2 Å². The molecule has 3 aromatic rings. The van der Waals surface area contributed by atoms with E-state index in [1.165, 1.54) is 36.6 Å². The van der Waals surface area contributed by atoms with Crippen LogP contribution in [0.2, 0.25) is 0 Å². The van der Waals surface area contributed by atoms with E-state index in [0.717, 1.165) is 16.8 Å². The molecule has 0 fully saturated rings. The highest BCUT2D eigenvalue weighted by Crippen LogP contribution is 2.19. The van der Waals surface area contributed by atoms with Crippen LogP contribution in [-0.2, 0) is 11.3 Å². The average molecular weight is 415 g/mol. The third-order valence-corrected chi connectivity index (χ3v) is 4.75. The summed E-state index contributed by atoms with van der Waals surface area (Å²) < 4.78 is 29.2. The third kappa shape index (κ3) is 5.39. The van der Waals surface area contributed by atoms with Crippen molar-refractivity contribution in [2.75, 3.05) is 13.7 Å². The molecule has 29 heavy (non-hydrogen) atoms. The van der Waals surface area contributed by atoms with E-state index >= 15 is 0 Å². The van der Waals surface area contributed by atoms with E-state index in [2.05, 4.69) is 4.98 Å². The summed E-state index contributed by atoms with van der Waals surface area (Å²) in [4.78, 5) is 28.7. The number of rotatable bonds is 8. The number of benzene rings is 2. The Labute approximate surface area is 170 Å². The van der Waals surface area contributed by atoms with E-state index in [1.54, 1.807) is 18.2 Å². The number of hydrogen-bond acceptors (Lipinski definition) is 7. The molecular weight excluding hydrogens is 397 g/mol. The monoisotopic (exact) mass is 415 g/mol. The lowest BCUT2D eigenvalue weighted by Gasteiger charge is -2.08. The molecule has 0 radical (unpaired) electrons. The molecule has 150 valence electrons. The SMILES string of the molecule is COc1ccc(C(=O)COC(=O)c2cccc(OCc3csc(C)n3)c2)cc1F. The average Bonchev–Trinajstić information content (AvgIpc) is 3.15. The molecule has 3 rings (SSSR count). The van der Waals surface area contributed by atoms with Crippen LogP contribution in [0.15, 0.2) is 47.8 Å². The van der Waals surface area contributed by atoms with E-state index in [9.17, 15) is 14.0 Å². The van der Waals surface area contributed by atoms with Gasteiger partial charge in [-0.15, -0.1) is 11.3 Å². The van der Waals surface area contributed by atoms with Gasteiger partial charge in [-0.25, -0.2) is 14.2 Å². The molecule has 0 unspecified atom stereocenters. The van der Waals surface area contributed by atoms with Gasteiger partial charge in [0.15, 0.2) is 24.0 Å². The molecule has 0 bridgehead atoms. The van der Waals surface area contributed by atoms with Gasteiger partial charge in [0.1, 0.15) is 12.4 Å². The van der Waals surface area contributed by atoms with E-state index < -0.39 is 24.2 Å². The van der Waals surface area contributed by atoms with Gasteiger partial charge in [0.2, 0.25) is 0 Å². The van der Waals surface area contributed by atoms with Crippen molar-refractivity contribution in [1.82, 2.24) is 4.98 Å². The largest absolute Gasteiger partial charge is 0.494 e. The molecule has 0 amide bonds. The zero-order valence-corrected chi connectivity index (χ0v) is 16.6. The molecule has 0 aliphatic carbocycles. The maximum Gasteiger partial charge on any atom is 0.338 e. The summed E-state index contributed by atoms with van der Waals surface area (Å²) in [5, 5.41) is 2.85. The van der Waals surface area contributed by atoms with Gasteiger partial charge in [-0.2, -0.15) is 0 Å². The Morgan fingerprint density at radius 2 is 1.97 bits per heavy atom. The van der Waals surface area contributed by atoms with E-state index in [4.69, 9.17) is 14.2 Å². The second-order valence-electron chi connectivity index (χ2n) is 6.02. The maximum atomic E-state index is 13.7. The fourth-order valence-electron chi connectivity index (χ4n) is 2.48. The lowest BCUT2D eigenvalue weighted by molar-refractivity contribution is 0.0474. The Morgan fingerprint density at radius 1 is 1.14 bits per heavy atom. The first kappa shape index (κ1) is 20.5. The molecule has 1 aromatic heterocycles. The Hall–Kier alpha value is -3.26. The number of Topliss-reactive ketones (excluding diaryl/α,β-unsaturated/α-hetero) is 1. The highest BCUT2D eigenvalue weighted by atomic mass is 32.1. The van der Waals surface area contributed by atoms with Crippen molar-refractivity contribution in [2.24, 2.45) is 0 Å². The van der Waals surface area contributed by atoms with Gasteiger partial charge in [0.25, 0.3) is 0 Å². The topological polar surface area (TPSA) is 74.7 Å². The molecule has 0 aliphatic rings. The number of halogens is 1. The summed E-state index contributed by atoms with van der Waals surface area (Å²) in [6.07, 6.45) is 0. The number of esters is 1. The van der Waals surface area contributed by atoms with Gasteiger partial charge in [-0.05, 0) is 43.3 Å². The first-order valence-electron chi connectivity index (χ1n) is 8.64. The van der Waals surface area contributed by atoms with Crippen LogP contribution in [0.5, 0.6) is 11.5 Å². The summed E-state index contributed by atoms with van der Waals surface area (Å²) in [5.41, 5.74) is 1.13. The molecule has 0 saturated heterocycles. The van der Waals surface area contributed by atoms with E-state index in [0.29, 0.717) is 5.75 Å². The van der Waals surface area contributed by atoms with Crippen molar-refractivity contribution in [2.45, 2.75) is 13.5 Å². The molecule has 2 aromatic carbocycles. The second-order valence-corrected chi connectivity index (χ2v) is 7.09. The Bertz CT molecular complexity index is 1030. The van der Waals surface area contributed by atoms with Gasteiger partial charge in [0, 0.05) is 10.9 Å². The summed E-state index contributed by atoms with van der Waals surface area (Å²) in [6, 6.07) is 10.2. The molecule has 0 spiro atoms. The van der Waals surface area contributed by atoms with Gasteiger partial charge in [0.05, 0.1) is 23.4 Å². The van der Waals surface area contributed by atoms with E-state index in [-0.39, 0.29) is 23.5 Å². The van der Waals surface area contributed by atoms with Crippen molar-refractivity contribution in [3.63, 3.8) is 0 Å². The fourth-order valence-corrected chi connectivity index (χ4v) is 3.08. The summed E-state index contributed by atoms with van der Waals surface area (Å²) in [5.74, 6) is -1.35. The first-order chi connectivity index (χ1) is 14.0. The summed E-state index contributed by atoms with van der Waals surface area (Å²) in [6.45, 7) is 1.69. The van der Waals surface area contributed by atoms with Crippen molar-refractivity contribution >= 4 is 23.1 Å². The normalized spacial score (nSPS) is 10.4. The van der Waals surface area contributed by atoms with Crippen LogP contribution < -0.4 is 9.47 Å². The number of ether oxygens (including phenoxy) is 3. The van der Waals surface area contributed by atoms with Crippen LogP contribution >= 0.6 is 11.3 Å².